The Labute approximate surface area is 147 Å². The number of thiazole rings is 1. The Balaban J connectivity index is 1.41. The lowest BCUT2D eigenvalue weighted by Crippen LogP contribution is -2.49. The van der Waals surface area contributed by atoms with Gasteiger partial charge in [0.25, 0.3) is 5.91 Å². The molecule has 4 heterocycles. The smallest absolute Gasteiger partial charge is 0.273 e. The highest BCUT2D eigenvalue weighted by Gasteiger charge is 2.25. The van der Waals surface area contributed by atoms with E-state index in [0.29, 0.717) is 18.8 Å². The zero-order valence-electron chi connectivity index (χ0n) is 12.8. The van der Waals surface area contributed by atoms with Gasteiger partial charge in [-0.1, -0.05) is 6.07 Å². The van der Waals surface area contributed by atoms with Crippen molar-refractivity contribution in [2.24, 2.45) is 0 Å². The molecule has 1 amide bonds. The third kappa shape index (κ3) is 3.02. The molecule has 6 nitrogen and oxygen atoms in total. The molecule has 1 aliphatic heterocycles. The standard InChI is InChI=1S/C16H15N5OS2/c22-15(12-11-24-14(19-12)13-3-1-10-23-13)20-6-8-21(9-7-20)16-17-4-2-5-18-16/h1-5,10-11H,6-9H2. The fourth-order valence-corrected chi connectivity index (χ4v) is 4.22. The van der Waals surface area contributed by atoms with Crippen molar-refractivity contribution < 1.29 is 4.79 Å². The van der Waals surface area contributed by atoms with Gasteiger partial charge >= 0.3 is 0 Å². The van der Waals surface area contributed by atoms with E-state index in [0.717, 1.165) is 28.9 Å². The van der Waals surface area contributed by atoms with Gasteiger partial charge in [-0.2, -0.15) is 0 Å². The molecule has 0 atom stereocenters. The van der Waals surface area contributed by atoms with Gasteiger partial charge in [-0.25, -0.2) is 15.0 Å². The van der Waals surface area contributed by atoms with Crippen LogP contribution in [0.25, 0.3) is 9.88 Å². The highest BCUT2D eigenvalue weighted by Crippen LogP contribution is 2.28. The molecule has 0 radical (unpaired) electrons. The van der Waals surface area contributed by atoms with Gasteiger partial charge in [-0.15, -0.1) is 22.7 Å². The number of carbonyl (C=O) groups excluding carboxylic acids is 1. The monoisotopic (exact) mass is 357 g/mol. The molecule has 1 aliphatic rings. The molecule has 122 valence electrons. The SMILES string of the molecule is O=C(c1csc(-c2cccs2)n1)N1CCN(c2ncccn2)CC1. The van der Waals surface area contributed by atoms with Gasteiger partial charge in [0.05, 0.1) is 4.88 Å². The highest BCUT2D eigenvalue weighted by molar-refractivity contribution is 7.20. The van der Waals surface area contributed by atoms with Crippen LogP contribution in [0.2, 0.25) is 0 Å². The van der Waals surface area contributed by atoms with Gasteiger partial charge in [0.15, 0.2) is 0 Å². The fourth-order valence-electron chi connectivity index (χ4n) is 2.61. The number of rotatable bonds is 3. The molecular formula is C16H15N5OS2. The molecule has 0 bridgehead atoms. The van der Waals surface area contributed by atoms with E-state index in [-0.39, 0.29) is 5.91 Å². The second kappa shape index (κ2) is 6.66. The second-order valence-electron chi connectivity index (χ2n) is 5.34. The molecule has 0 saturated carbocycles. The third-order valence-corrected chi connectivity index (χ3v) is 5.74. The van der Waals surface area contributed by atoms with E-state index in [9.17, 15) is 4.79 Å². The summed E-state index contributed by atoms with van der Waals surface area (Å²) in [5, 5.41) is 4.78. The first kappa shape index (κ1) is 15.2. The Morgan fingerprint density at radius 2 is 1.83 bits per heavy atom. The van der Waals surface area contributed by atoms with Crippen molar-refractivity contribution in [3.63, 3.8) is 0 Å². The van der Waals surface area contributed by atoms with E-state index in [1.54, 1.807) is 29.8 Å². The van der Waals surface area contributed by atoms with Gasteiger partial charge in [0.1, 0.15) is 10.7 Å². The first-order valence-corrected chi connectivity index (χ1v) is 9.38. The molecule has 0 N–H and O–H groups in total. The van der Waals surface area contributed by atoms with Crippen molar-refractivity contribution in [2.45, 2.75) is 0 Å². The first-order chi connectivity index (χ1) is 11.8. The molecule has 0 aromatic carbocycles. The Kier molecular flexibility index (Phi) is 4.22. The number of amides is 1. The summed E-state index contributed by atoms with van der Waals surface area (Å²) >= 11 is 3.16. The van der Waals surface area contributed by atoms with Crippen LogP contribution in [0.15, 0.2) is 41.4 Å². The van der Waals surface area contributed by atoms with Crippen molar-refractivity contribution in [3.8, 4) is 9.88 Å². The molecule has 1 fully saturated rings. The molecular weight excluding hydrogens is 342 g/mol. The average Bonchev–Trinajstić information content (AvgIpc) is 3.33. The summed E-state index contributed by atoms with van der Waals surface area (Å²) < 4.78 is 0. The van der Waals surface area contributed by atoms with E-state index < -0.39 is 0 Å². The van der Waals surface area contributed by atoms with Gasteiger partial charge in [-0.05, 0) is 17.5 Å². The minimum absolute atomic E-state index is 0.00249. The lowest BCUT2D eigenvalue weighted by atomic mass is 10.3. The topological polar surface area (TPSA) is 62.2 Å². The first-order valence-electron chi connectivity index (χ1n) is 7.62. The molecule has 24 heavy (non-hydrogen) atoms. The van der Waals surface area contributed by atoms with Crippen molar-refractivity contribution in [2.75, 3.05) is 31.1 Å². The number of hydrogen-bond acceptors (Lipinski definition) is 7. The van der Waals surface area contributed by atoms with Crippen LogP contribution in [-0.4, -0.2) is 51.9 Å². The van der Waals surface area contributed by atoms with Crippen LogP contribution in [0, 0.1) is 0 Å². The minimum Gasteiger partial charge on any atom is -0.337 e. The lowest BCUT2D eigenvalue weighted by molar-refractivity contribution is 0.0741. The van der Waals surface area contributed by atoms with Crippen LogP contribution in [0.4, 0.5) is 5.95 Å². The minimum atomic E-state index is 0.00249. The number of nitrogens with zero attached hydrogens (tertiary/aromatic N) is 5. The van der Waals surface area contributed by atoms with Crippen molar-refractivity contribution >= 4 is 34.5 Å². The summed E-state index contributed by atoms with van der Waals surface area (Å²) in [6.07, 6.45) is 3.47. The third-order valence-electron chi connectivity index (χ3n) is 3.86. The van der Waals surface area contributed by atoms with Crippen LogP contribution in [0.5, 0.6) is 0 Å². The van der Waals surface area contributed by atoms with E-state index in [2.05, 4.69) is 19.9 Å². The van der Waals surface area contributed by atoms with E-state index in [1.165, 1.54) is 11.3 Å². The Morgan fingerprint density at radius 3 is 2.54 bits per heavy atom. The number of aromatic nitrogens is 3. The summed E-state index contributed by atoms with van der Waals surface area (Å²) in [7, 11) is 0. The Bertz CT molecular complexity index is 810. The predicted molar refractivity (Wildman–Crippen MR) is 95.6 cm³/mol. The number of piperazine rings is 1. The maximum absolute atomic E-state index is 12.6. The largest absolute Gasteiger partial charge is 0.337 e. The number of thiophene rings is 1. The summed E-state index contributed by atoms with van der Waals surface area (Å²) in [5.41, 5.74) is 0.535. The molecule has 0 spiro atoms. The van der Waals surface area contributed by atoms with Crippen molar-refractivity contribution in [1.82, 2.24) is 19.9 Å². The maximum Gasteiger partial charge on any atom is 0.273 e. The second-order valence-corrected chi connectivity index (χ2v) is 7.15. The van der Waals surface area contributed by atoms with Crippen LogP contribution in [0.1, 0.15) is 10.5 Å². The van der Waals surface area contributed by atoms with Crippen LogP contribution >= 0.6 is 22.7 Å². The molecule has 0 aliphatic carbocycles. The van der Waals surface area contributed by atoms with Gasteiger partial charge in [-0.3, -0.25) is 4.79 Å². The molecule has 1 saturated heterocycles. The molecule has 3 aromatic rings. The number of carbonyl (C=O) groups is 1. The van der Waals surface area contributed by atoms with E-state index >= 15 is 0 Å². The predicted octanol–water partition coefficient (Wildman–Crippen LogP) is 2.62. The number of hydrogen-bond donors (Lipinski definition) is 0. The number of anilines is 1. The van der Waals surface area contributed by atoms with Gasteiger partial charge in [0, 0.05) is 44.0 Å². The van der Waals surface area contributed by atoms with Crippen LogP contribution in [-0.2, 0) is 0 Å². The summed E-state index contributed by atoms with van der Waals surface area (Å²) in [6, 6.07) is 5.82. The van der Waals surface area contributed by atoms with Gasteiger partial charge in [0.2, 0.25) is 5.95 Å². The van der Waals surface area contributed by atoms with Crippen molar-refractivity contribution in [1.29, 1.82) is 0 Å². The molecule has 3 aromatic heterocycles. The van der Waals surface area contributed by atoms with Gasteiger partial charge < -0.3 is 9.80 Å². The summed E-state index contributed by atoms with van der Waals surface area (Å²) in [5.74, 6) is 0.723. The Morgan fingerprint density at radius 1 is 1.04 bits per heavy atom. The van der Waals surface area contributed by atoms with E-state index in [4.69, 9.17) is 0 Å². The quantitative estimate of drug-likeness (QED) is 0.721. The highest BCUT2D eigenvalue weighted by atomic mass is 32.1. The Hall–Kier alpha value is -2.32. The zero-order valence-corrected chi connectivity index (χ0v) is 14.5. The summed E-state index contributed by atoms with van der Waals surface area (Å²) in [6.45, 7) is 2.78. The van der Waals surface area contributed by atoms with E-state index in [1.807, 2.05) is 27.8 Å². The van der Waals surface area contributed by atoms with Crippen LogP contribution in [0.3, 0.4) is 0 Å². The summed E-state index contributed by atoms with van der Waals surface area (Å²) in [4.78, 5) is 30.7. The average molecular weight is 357 g/mol. The van der Waals surface area contributed by atoms with Crippen LogP contribution < -0.4 is 4.90 Å². The van der Waals surface area contributed by atoms with Crippen molar-refractivity contribution in [3.05, 3.63) is 47.0 Å². The molecule has 8 heteroatoms. The molecule has 0 unspecified atom stereocenters. The maximum atomic E-state index is 12.6. The molecule has 4 rings (SSSR count). The fraction of sp³-hybridized carbons (Fsp3) is 0.250. The zero-order chi connectivity index (χ0) is 16.4. The lowest BCUT2D eigenvalue weighted by Gasteiger charge is -2.34. The normalized spacial score (nSPS) is 14.8.